The van der Waals surface area contributed by atoms with Gasteiger partial charge in [-0.25, -0.2) is 8.42 Å². The summed E-state index contributed by atoms with van der Waals surface area (Å²) in [5, 5.41) is 11.7. The first-order valence-electron chi connectivity index (χ1n) is 10.0. The van der Waals surface area contributed by atoms with Gasteiger partial charge in [-0.1, -0.05) is 25.0 Å². The minimum atomic E-state index is -3.83. The first kappa shape index (κ1) is 21.8. The maximum Gasteiger partial charge on any atom is 0.243 e. The van der Waals surface area contributed by atoms with Crippen LogP contribution in [0.4, 0.5) is 11.4 Å². The molecule has 0 bridgehead atoms. The van der Waals surface area contributed by atoms with Gasteiger partial charge >= 0.3 is 0 Å². The van der Waals surface area contributed by atoms with E-state index in [1.165, 1.54) is 44.2 Å². The molecule has 2 aromatic rings. The van der Waals surface area contributed by atoms with Crippen LogP contribution >= 0.6 is 0 Å². The number of amides is 1. The average molecular weight is 427 g/mol. The number of hydrogen-bond acceptors (Lipinski definition) is 5. The molecular formula is C22H26N4O3S. The first-order chi connectivity index (χ1) is 14.4. The molecular weight excluding hydrogens is 400 g/mol. The van der Waals surface area contributed by atoms with Crippen molar-refractivity contribution >= 4 is 27.3 Å². The summed E-state index contributed by atoms with van der Waals surface area (Å²) in [6.07, 6.45) is 4.66. The van der Waals surface area contributed by atoms with Gasteiger partial charge in [-0.3, -0.25) is 4.79 Å². The van der Waals surface area contributed by atoms with Gasteiger partial charge in [-0.2, -0.15) is 9.57 Å². The fourth-order valence-corrected chi connectivity index (χ4v) is 4.65. The number of nitrogens with one attached hydrogen (secondary N) is 1. The van der Waals surface area contributed by atoms with E-state index in [-0.39, 0.29) is 11.4 Å². The normalized spacial score (nSPS) is 14.8. The molecule has 0 aromatic heterocycles. The van der Waals surface area contributed by atoms with Crippen LogP contribution < -0.4 is 10.2 Å². The van der Waals surface area contributed by atoms with E-state index in [9.17, 15) is 13.2 Å². The van der Waals surface area contributed by atoms with E-state index in [1.807, 2.05) is 30.3 Å². The zero-order chi connectivity index (χ0) is 21.6. The Bertz CT molecular complexity index is 1020. The molecule has 0 radical (unpaired) electrons. The molecule has 158 valence electrons. The Morgan fingerprint density at radius 3 is 2.33 bits per heavy atom. The van der Waals surface area contributed by atoms with Crippen LogP contribution in [0.25, 0.3) is 0 Å². The van der Waals surface area contributed by atoms with Gasteiger partial charge in [0, 0.05) is 20.1 Å². The van der Waals surface area contributed by atoms with Crippen LogP contribution in [0.15, 0.2) is 53.4 Å². The second-order valence-electron chi connectivity index (χ2n) is 7.36. The molecule has 1 aliphatic heterocycles. The van der Waals surface area contributed by atoms with Crippen molar-refractivity contribution in [2.45, 2.75) is 30.6 Å². The fourth-order valence-electron chi connectivity index (χ4n) is 3.53. The SMILES string of the molecule is CN(CC(=O)Nc1ccccc1N1CCCCCC1)S(=O)(=O)c1ccc(C#N)cc1. The molecule has 0 aliphatic carbocycles. The first-order valence-corrected chi connectivity index (χ1v) is 11.5. The van der Waals surface area contributed by atoms with Crippen molar-refractivity contribution in [1.82, 2.24) is 4.31 Å². The van der Waals surface area contributed by atoms with Crippen molar-refractivity contribution < 1.29 is 13.2 Å². The van der Waals surface area contributed by atoms with E-state index in [2.05, 4.69) is 10.2 Å². The van der Waals surface area contributed by atoms with Crippen LogP contribution in [0, 0.1) is 11.3 Å². The second-order valence-corrected chi connectivity index (χ2v) is 9.41. The lowest BCUT2D eigenvalue weighted by atomic mass is 10.2. The van der Waals surface area contributed by atoms with Crippen molar-refractivity contribution in [3.8, 4) is 6.07 Å². The van der Waals surface area contributed by atoms with E-state index in [4.69, 9.17) is 5.26 Å². The van der Waals surface area contributed by atoms with Crippen LogP contribution in [-0.4, -0.2) is 45.3 Å². The summed E-state index contributed by atoms with van der Waals surface area (Å²) >= 11 is 0. The lowest BCUT2D eigenvalue weighted by molar-refractivity contribution is -0.116. The third-order valence-electron chi connectivity index (χ3n) is 5.18. The number of anilines is 2. The fraction of sp³-hybridized carbons (Fsp3) is 0.364. The molecule has 1 aliphatic rings. The number of carbonyl (C=O) groups is 1. The molecule has 0 atom stereocenters. The van der Waals surface area contributed by atoms with Crippen LogP contribution in [0.2, 0.25) is 0 Å². The van der Waals surface area contributed by atoms with Gasteiger partial charge in [0.2, 0.25) is 15.9 Å². The summed E-state index contributed by atoms with van der Waals surface area (Å²) in [4.78, 5) is 14.9. The Morgan fingerprint density at radius 1 is 1.07 bits per heavy atom. The molecule has 2 aromatic carbocycles. The van der Waals surface area contributed by atoms with Gasteiger partial charge in [-0.15, -0.1) is 0 Å². The smallest absolute Gasteiger partial charge is 0.243 e. The molecule has 1 amide bonds. The zero-order valence-electron chi connectivity index (χ0n) is 17.0. The number of benzene rings is 2. The molecule has 3 rings (SSSR count). The van der Waals surface area contributed by atoms with Gasteiger partial charge in [0.1, 0.15) is 0 Å². The molecule has 0 unspecified atom stereocenters. The highest BCUT2D eigenvalue weighted by Gasteiger charge is 2.23. The quantitative estimate of drug-likeness (QED) is 0.766. The van der Waals surface area contributed by atoms with Crippen molar-refractivity contribution in [2.75, 3.05) is 36.9 Å². The van der Waals surface area contributed by atoms with Crippen LogP contribution in [-0.2, 0) is 14.8 Å². The van der Waals surface area contributed by atoms with Gasteiger partial charge in [-0.05, 0) is 49.2 Å². The lowest BCUT2D eigenvalue weighted by Crippen LogP contribution is -2.35. The van der Waals surface area contributed by atoms with Gasteiger partial charge in [0.05, 0.1) is 34.4 Å². The van der Waals surface area contributed by atoms with Crippen molar-refractivity contribution in [3.63, 3.8) is 0 Å². The van der Waals surface area contributed by atoms with E-state index < -0.39 is 15.9 Å². The maximum absolute atomic E-state index is 12.7. The lowest BCUT2D eigenvalue weighted by Gasteiger charge is -2.26. The maximum atomic E-state index is 12.7. The second kappa shape index (κ2) is 9.74. The summed E-state index contributed by atoms with van der Waals surface area (Å²) in [6.45, 7) is 1.58. The number of nitrogens with zero attached hydrogens (tertiary/aromatic N) is 3. The predicted molar refractivity (Wildman–Crippen MR) is 117 cm³/mol. The summed E-state index contributed by atoms with van der Waals surface area (Å²) < 4.78 is 26.5. The van der Waals surface area contributed by atoms with Crippen molar-refractivity contribution in [2.24, 2.45) is 0 Å². The zero-order valence-corrected chi connectivity index (χ0v) is 17.9. The summed E-state index contributed by atoms with van der Waals surface area (Å²) in [6, 6.07) is 15.2. The van der Waals surface area contributed by atoms with Crippen LogP contribution in [0.3, 0.4) is 0 Å². The van der Waals surface area contributed by atoms with Crippen molar-refractivity contribution in [3.05, 3.63) is 54.1 Å². The summed E-state index contributed by atoms with van der Waals surface area (Å²) in [5.74, 6) is -0.406. The molecule has 0 saturated carbocycles. The minimum absolute atomic E-state index is 0.0433. The van der Waals surface area contributed by atoms with Crippen molar-refractivity contribution in [1.29, 1.82) is 5.26 Å². The monoisotopic (exact) mass is 426 g/mol. The van der Waals surface area contributed by atoms with E-state index >= 15 is 0 Å². The number of carbonyl (C=O) groups excluding carboxylic acids is 1. The molecule has 1 saturated heterocycles. The average Bonchev–Trinajstić information content (AvgIpc) is 3.03. The highest BCUT2D eigenvalue weighted by atomic mass is 32.2. The van der Waals surface area contributed by atoms with Crippen LogP contribution in [0.5, 0.6) is 0 Å². The number of nitriles is 1. The van der Waals surface area contributed by atoms with Gasteiger partial charge in [0.15, 0.2) is 0 Å². The Hall–Kier alpha value is -2.89. The number of sulfonamides is 1. The van der Waals surface area contributed by atoms with Gasteiger partial charge in [0.25, 0.3) is 0 Å². The summed E-state index contributed by atoms with van der Waals surface area (Å²) in [5.41, 5.74) is 2.03. The number of likely N-dealkylation sites (N-methyl/N-ethyl adjacent to an activating group) is 1. The highest BCUT2D eigenvalue weighted by Crippen LogP contribution is 2.28. The molecule has 30 heavy (non-hydrogen) atoms. The molecule has 0 spiro atoms. The van der Waals surface area contributed by atoms with Gasteiger partial charge < -0.3 is 10.2 Å². The predicted octanol–water partition coefficient (Wildman–Crippen LogP) is 3.20. The molecule has 1 N–H and O–H groups in total. The molecule has 1 heterocycles. The minimum Gasteiger partial charge on any atom is -0.370 e. The topological polar surface area (TPSA) is 93.5 Å². The third kappa shape index (κ3) is 5.17. The Balaban J connectivity index is 1.70. The standard InChI is InChI=1S/C22H26N4O3S/c1-25(30(28,29)19-12-10-18(16-23)11-13-19)17-22(27)24-20-8-4-5-9-21(20)26-14-6-2-3-7-15-26/h4-5,8-13H,2-3,6-7,14-15,17H2,1H3,(H,24,27). The Labute approximate surface area is 178 Å². The number of hydrogen-bond donors (Lipinski definition) is 1. The van der Waals surface area contributed by atoms with E-state index in [0.29, 0.717) is 11.3 Å². The number of rotatable bonds is 6. The third-order valence-corrected chi connectivity index (χ3v) is 7.00. The van der Waals surface area contributed by atoms with E-state index in [0.717, 1.165) is 35.9 Å². The van der Waals surface area contributed by atoms with E-state index in [1.54, 1.807) is 0 Å². The van der Waals surface area contributed by atoms with Crippen LogP contribution in [0.1, 0.15) is 31.2 Å². The molecule has 7 nitrogen and oxygen atoms in total. The molecule has 8 heteroatoms. The highest BCUT2D eigenvalue weighted by molar-refractivity contribution is 7.89. The summed E-state index contributed by atoms with van der Waals surface area (Å²) in [7, 11) is -2.47. The Morgan fingerprint density at radius 2 is 1.70 bits per heavy atom. The Kier molecular flexibility index (Phi) is 7.08. The number of para-hydroxylation sites is 2. The largest absolute Gasteiger partial charge is 0.370 e. The molecule has 1 fully saturated rings.